The van der Waals surface area contributed by atoms with Gasteiger partial charge in [0.1, 0.15) is 12.2 Å². The molecule has 1 aromatic heterocycles. The smallest absolute Gasteiger partial charge is 0.138 e. The van der Waals surface area contributed by atoms with Crippen molar-refractivity contribution in [3.8, 4) is 0 Å². The maximum Gasteiger partial charge on any atom is 0.138 e. The fourth-order valence-corrected chi connectivity index (χ4v) is 2.16. The average Bonchev–Trinajstić information content (AvgIpc) is 2.62. The molecule has 0 amide bonds. The van der Waals surface area contributed by atoms with Crippen LogP contribution in [-0.2, 0) is 13.0 Å². The molecule has 0 saturated heterocycles. The minimum absolute atomic E-state index is 0.181. The molecule has 0 bridgehead atoms. The summed E-state index contributed by atoms with van der Waals surface area (Å²) in [5.41, 5.74) is 6.05. The maximum atomic E-state index is 6.05. The van der Waals surface area contributed by atoms with Crippen molar-refractivity contribution in [1.29, 1.82) is 0 Å². The van der Waals surface area contributed by atoms with Crippen LogP contribution in [0.4, 0.5) is 0 Å². The summed E-state index contributed by atoms with van der Waals surface area (Å²) < 4.78 is 1.97. The first-order valence-electron chi connectivity index (χ1n) is 5.83. The molecule has 1 atom stereocenters. The van der Waals surface area contributed by atoms with Gasteiger partial charge < -0.3 is 5.73 Å². The molecule has 0 radical (unpaired) electrons. The lowest BCUT2D eigenvalue weighted by atomic mass is 10.2. The molecule has 0 aliphatic carbocycles. The zero-order valence-electron chi connectivity index (χ0n) is 10.4. The molecule has 0 fully saturated rings. The minimum Gasteiger partial charge on any atom is -0.327 e. The van der Waals surface area contributed by atoms with Gasteiger partial charge in [0.15, 0.2) is 0 Å². The van der Waals surface area contributed by atoms with Crippen LogP contribution in [0, 0.1) is 5.92 Å². The van der Waals surface area contributed by atoms with E-state index < -0.39 is 0 Å². The average molecular weight is 242 g/mol. The normalized spacial score (nSPS) is 13.3. The zero-order valence-corrected chi connectivity index (χ0v) is 11.2. The van der Waals surface area contributed by atoms with Crippen LogP contribution in [0.25, 0.3) is 0 Å². The highest BCUT2D eigenvalue weighted by atomic mass is 32.2. The van der Waals surface area contributed by atoms with Gasteiger partial charge in [-0.15, -0.1) is 0 Å². The van der Waals surface area contributed by atoms with Gasteiger partial charge in [0.05, 0.1) is 0 Å². The van der Waals surface area contributed by atoms with Gasteiger partial charge in [-0.3, -0.25) is 0 Å². The standard InChI is InChI=1S/C11H22N4S/c1-4-16-7-10(12)5-11-13-8-14-15(11)6-9(2)3/h8-10H,4-7,12H2,1-3H3. The van der Waals surface area contributed by atoms with Gasteiger partial charge >= 0.3 is 0 Å². The van der Waals surface area contributed by atoms with Gasteiger partial charge in [-0.05, 0) is 11.7 Å². The zero-order chi connectivity index (χ0) is 12.0. The van der Waals surface area contributed by atoms with Crippen LogP contribution in [0.3, 0.4) is 0 Å². The van der Waals surface area contributed by atoms with E-state index in [2.05, 4.69) is 30.9 Å². The first-order chi connectivity index (χ1) is 7.63. The SMILES string of the molecule is CCSCC(N)Cc1ncnn1CC(C)C. The van der Waals surface area contributed by atoms with E-state index in [4.69, 9.17) is 5.73 Å². The van der Waals surface area contributed by atoms with Crippen LogP contribution >= 0.6 is 11.8 Å². The summed E-state index contributed by atoms with van der Waals surface area (Å²) in [6.07, 6.45) is 2.44. The number of thioether (sulfide) groups is 1. The second-order valence-corrected chi connectivity index (χ2v) is 5.69. The van der Waals surface area contributed by atoms with E-state index >= 15 is 0 Å². The molecule has 4 nitrogen and oxygen atoms in total. The van der Waals surface area contributed by atoms with Crippen LogP contribution in [0.1, 0.15) is 26.6 Å². The fraction of sp³-hybridized carbons (Fsp3) is 0.818. The molecule has 92 valence electrons. The highest BCUT2D eigenvalue weighted by Crippen LogP contribution is 2.07. The van der Waals surface area contributed by atoms with E-state index in [1.807, 2.05) is 16.4 Å². The summed E-state index contributed by atoms with van der Waals surface area (Å²) in [6, 6.07) is 0.181. The van der Waals surface area contributed by atoms with Crippen molar-refractivity contribution in [2.45, 2.75) is 39.8 Å². The van der Waals surface area contributed by atoms with Gasteiger partial charge in [-0.2, -0.15) is 16.9 Å². The van der Waals surface area contributed by atoms with Gasteiger partial charge in [-0.1, -0.05) is 20.8 Å². The second-order valence-electron chi connectivity index (χ2n) is 4.38. The molecule has 1 aromatic rings. The maximum absolute atomic E-state index is 6.05. The Hall–Kier alpha value is -0.550. The number of hydrogen-bond donors (Lipinski definition) is 1. The summed E-state index contributed by atoms with van der Waals surface area (Å²) in [7, 11) is 0. The topological polar surface area (TPSA) is 56.7 Å². The summed E-state index contributed by atoms with van der Waals surface area (Å²) >= 11 is 1.88. The molecule has 1 heterocycles. The lowest BCUT2D eigenvalue weighted by molar-refractivity contribution is 0.461. The summed E-state index contributed by atoms with van der Waals surface area (Å²) in [5.74, 6) is 3.71. The number of aromatic nitrogens is 3. The van der Waals surface area contributed by atoms with E-state index in [9.17, 15) is 0 Å². The lowest BCUT2D eigenvalue weighted by Gasteiger charge is -2.12. The van der Waals surface area contributed by atoms with Crippen molar-refractivity contribution in [2.75, 3.05) is 11.5 Å². The predicted molar refractivity (Wildman–Crippen MR) is 69.5 cm³/mol. The lowest BCUT2D eigenvalue weighted by Crippen LogP contribution is -2.28. The molecule has 16 heavy (non-hydrogen) atoms. The predicted octanol–water partition coefficient (Wildman–Crippen LogP) is 1.56. The Morgan fingerprint density at radius 3 is 2.88 bits per heavy atom. The molecule has 0 aliphatic heterocycles. The number of hydrogen-bond acceptors (Lipinski definition) is 4. The Morgan fingerprint density at radius 2 is 2.25 bits per heavy atom. The third kappa shape index (κ3) is 4.53. The molecular weight excluding hydrogens is 220 g/mol. The number of nitrogens with two attached hydrogens (primary N) is 1. The van der Waals surface area contributed by atoms with E-state index in [1.165, 1.54) is 0 Å². The molecule has 2 N–H and O–H groups in total. The van der Waals surface area contributed by atoms with Crippen molar-refractivity contribution in [3.05, 3.63) is 12.2 Å². The van der Waals surface area contributed by atoms with Crippen LogP contribution in [-0.4, -0.2) is 32.3 Å². The largest absolute Gasteiger partial charge is 0.327 e. The molecule has 0 spiro atoms. The third-order valence-corrected chi connectivity index (χ3v) is 3.29. The molecule has 0 saturated carbocycles. The Balaban J connectivity index is 2.49. The Labute approximate surface area is 102 Å². The first kappa shape index (κ1) is 13.5. The van der Waals surface area contributed by atoms with Crippen molar-refractivity contribution in [1.82, 2.24) is 14.8 Å². The van der Waals surface area contributed by atoms with Crippen molar-refractivity contribution in [3.63, 3.8) is 0 Å². The number of nitrogens with zero attached hydrogens (tertiary/aromatic N) is 3. The highest BCUT2D eigenvalue weighted by molar-refractivity contribution is 7.99. The summed E-state index contributed by atoms with van der Waals surface area (Å²) in [5, 5.41) is 4.23. The monoisotopic (exact) mass is 242 g/mol. The van der Waals surface area contributed by atoms with E-state index in [-0.39, 0.29) is 6.04 Å². The first-order valence-corrected chi connectivity index (χ1v) is 6.99. The molecule has 0 aliphatic rings. The third-order valence-electron chi connectivity index (χ3n) is 2.21. The van der Waals surface area contributed by atoms with Gasteiger partial charge in [-0.25, -0.2) is 9.67 Å². The van der Waals surface area contributed by atoms with Gasteiger partial charge in [0.25, 0.3) is 0 Å². The Morgan fingerprint density at radius 1 is 1.50 bits per heavy atom. The Bertz CT molecular complexity index is 298. The van der Waals surface area contributed by atoms with Crippen molar-refractivity contribution >= 4 is 11.8 Å². The van der Waals surface area contributed by atoms with Gasteiger partial charge in [0.2, 0.25) is 0 Å². The van der Waals surface area contributed by atoms with E-state index in [0.717, 1.165) is 30.3 Å². The Kier molecular flexibility index (Phi) is 5.84. The van der Waals surface area contributed by atoms with Crippen LogP contribution in [0.2, 0.25) is 0 Å². The van der Waals surface area contributed by atoms with Crippen LogP contribution < -0.4 is 5.73 Å². The highest BCUT2D eigenvalue weighted by Gasteiger charge is 2.10. The summed E-state index contributed by atoms with van der Waals surface area (Å²) in [4.78, 5) is 4.28. The fourth-order valence-electron chi connectivity index (χ4n) is 1.51. The van der Waals surface area contributed by atoms with Crippen LogP contribution in [0.5, 0.6) is 0 Å². The van der Waals surface area contributed by atoms with E-state index in [1.54, 1.807) is 6.33 Å². The number of rotatable bonds is 7. The van der Waals surface area contributed by atoms with Crippen molar-refractivity contribution < 1.29 is 0 Å². The van der Waals surface area contributed by atoms with Crippen LogP contribution in [0.15, 0.2) is 6.33 Å². The summed E-state index contributed by atoms with van der Waals surface area (Å²) in [6.45, 7) is 7.43. The molecule has 5 heteroatoms. The quantitative estimate of drug-likeness (QED) is 0.788. The minimum atomic E-state index is 0.181. The van der Waals surface area contributed by atoms with Crippen molar-refractivity contribution in [2.24, 2.45) is 11.7 Å². The molecule has 1 rings (SSSR count). The van der Waals surface area contributed by atoms with Gasteiger partial charge in [0, 0.05) is 24.8 Å². The second kappa shape index (κ2) is 6.91. The molecular formula is C11H22N4S. The molecule has 0 aromatic carbocycles. The molecule has 1 unspecified atom stereocenters. The van der Waals surface area contributed by atoms with E-state index in [0.29, 0.717) is 5.92 Å².